The first-order valence-electron chi connectivity index (χ1n) is 12.4. The number of carboxylic acid groups (broad SMARTS) is 1. The highest BCUT2D eigenvalue weighted by molar-refractivity contribution is 7.78. The van der Waals surface area contributed by atoms with Crippen molar-refractivity contribution in [1.82, 2.24) is 10.6 Å². The summed E-state index contributed by atoms with van der Waals surface area (Å²) in [6.45, 7) is 1.47. The van der Waals surface area contributed by atoms with Crippen molar-refractivity contribution in [2.75, 3.05) is 14.2 Å². The van der Waals surface area contributed by atoms with Gasteiger partial charge in [-0.2, -0.15) is 0 Å². The van der Waals surface area contributed by atoms with Gasteiger partial charge in [-0.15, -0.1) is 22.7 Å². The molecule has 0 bridgehead atoms. The number of hydrogen-bond acceptors (Lipinski definition) is 9. The van der Waals surface area contributed by atoms with Crippen LogP contribution in [-0.2, 0) is 22.7 Å². The lowest BCUT2D eigenvalue weighted by Crippen LogP contribution is -2.07. The Hall–Kier alpha value is -3.35. The fourth-order valence-corrected chi connectivity index (χ4v) is 5.94. The first-order chi connectivity index (χ1) is 19.3. The third-order valence-electron chi connectivity index (χ3n) is 5.54. The van der Waals surface area contributed by atoms with Gasteiger partial charge in [0.1, 0.15) is 6.29 Å². The molecule has 0 unspecified atom stereocenters. The third-order valence-corrected chi connectivity index (χ3v) is 7.99. The first kappa shape index (κ1) is 32.9. The Balaban J connectivity index is 0.000000264. The molecule has 2 aromatic carbocycles. The van der Waals surface area contributed by atoms with Crippen molar-refractivity contribution in [3.63, 3.8) is 0 Å². The summed E-state index contributed by atoms with van der Waals surface area (Å²) in [6.07, 6.45) is 1.30. The van der Waals surface area contributed by atoms with E-state index in [4.69, 9.17) is 22.4 Å². The molecule has 8 nitrogen and oxygen atoms in total. The van der Waals surface area contributed by atoms with Crippen LogP contribution in [0.3, 0.4) is 0 Å². The normalized spacial score (nSPS) is 10.2. The highest BCUT2D eigenvalue weighted by Crippen LogP contribution is 2.29. The number of aliphatic hydroxyl groups excluding tert-OH is 1. The van der Waals surface area contributed by atoms with Crippen LogP contribution in [-0.4, -0.2) is 53.7 Å². The van der Waals surface area contributed by atoms with E-state index in [1.54, 1.807) is 0 Å². The van der Waals surface area contributed by atoms with E-state index < -0.39 is 5.97 Å². The molecule has 0 amide bonds. The van der Waals surface area contributed by atoms with Gasteiger partial charge in [0.15, 0.2) is 11.6 Å². The number of carboxylic acids is 1. The van der Waals surface area contributed by atoms with Gasteiger partial charge in [0.25, 0.3) is 0 Å². The fraction of sp³-hybridized carbons (Fsp3) is 0.276. The molecule has 2 heterocycles. The second kappa shape index (κ2) is 17.4. The van der Waals surface area contributed by atoms with Gasteiger partial charge in [-0.1, -0.05) is 36.5 Å². The molecule has 0 aliphatic carbocycles. The SMILES string of the molecule is CNCc1ccc2cc(C(=O)CCC(=O)O)sc2c1.CO.O=CCCC(=O)c1cc2ccc(CNC=S)cc2s1. The molecule has 0 saturated heterocycles. The zero-order valence-corrected chi connectivity index (χ0v) is 24.7. The van der Waals surface area contributed by atoms with Crippen LogP contribution in [0.2, 0.25) is 0 Å². The van der Waals surface area contributed by atoms with E-state index >= 15 is 0 Å². The Kier molecular flexibility index (Phi) is 14.3. The first-order valence-corrected chi connectivity index (χ1v) is 14.5. The number of aliphatic carboxylic acids is 1. The maximum absolute atomic E-state index is 11.9. The lowest BCUT2D eigenvalue weighted by Gasteiger charge is -1.99. The van der Waals surface area contributed by atoms with Gasteiger partial charge in [0, 0.05) is 48.9 Å². The quantitative estimate of drug-likeness (QED) is 0.0906. The molecule has 0 radical (unpaired) electrons. The lowest BCUT2D eigenvalue weighted by atomic mass is 10.1. The lowest BCUT2D eigenvalue weighted by molar-refractivity contribution is -0.137. The molecule has 0 aliphatic rings. The van der Waals surface area contributed by atoms with E-state index in [2.05, 4.69) is 22.8 Å². The minimum absolute atomic E-state index is 0.0341. The van der Waals surface area contributed by atoms with Gasteiger partial charge in [0.05, 0.1) is 21.7 Å². The summed E-state index contributed by atoms with van der Waals surface area (Å²) in [7, 11) is 2.89. The highest BCUT2D eigenvalue weighted by Gasteiger charge is 2.12. The van der Waals surface area contributed by atoms with Gasteiger partial charge in [-0.05, 0) is 53.2 Å². The van der Waals surface area contributed by atoms with Crippen LogP contribution >= 0.6 is 34.9 Å². The largest absolute Gasteiger partial charge is 0.481 e. The van der Waals surface area contributed by atoms with Crippen LogP contribution < -0.4 is 10.6 Å². The predicted octanol–water partition coefficient (Wildman–Crippen LogP) is 5.39. The number of thiocarbonyl (C=S) groups is 1. The third kappa shape index (κ3) is 10.00. The van der Waals surface area contributed by atoms with Gasteiger partial charge in [-0.3, -0.25) is 14.4 Å². The van der Waals surface area contributed by atoms with Crippen LogP contribution in [0.5, 0.6) is 0 Å². The van der Waals surface area contributed by atoms with Gasteiger partial charge < -0.3 is 25.6 Å². The topological polar surface area (TPSA) is 133 Å². The molecule has 4 rings (SSSR count). The number of benzene rings is 2. The Morgan fingerprint density at radius 2 is 1.35 bits per heavy atom. The molecule has 40 heavy (non-hydrogen) atoms. The second-order valence-corrected chi connectivity index (χ2v) is 10.8. The minimum atomic E-state index is -0.939. The molecule has 0 atom stereocenters. The predicted molar refractivity (Wildman–Crippen MR) is 166 cm³/mol. The second-order valence-electron chi connectivity index (χ2n) is 8.44. The average molecular weight is 601 g/mol. The van der Waals surface area contributed by atoms with Crippen LogP contribution in [0.1, 0.15) is 56.2 Å². The van der Waals surface area contributed by atoms with Crippen LogP contribution in [0.4, 0.5) is 0 Å². The monoisotopic (exact) mass is 600 g/mol. The van der Waals surface area contributed by atoms with E-state index in [9.17, 15) is 19.2 Å². The van der Waals surface area contributed by atoms with E-state index in [0.717, 1.165) is 50.6 Å². The number of nitrogens with one attached hydrogen (secondary N) is 2. The molecule has 11 heteroatoms. The summed E-state index contributed by atoms with van der Waals surface area (Å²) in [5, 5.41) is 23.7. The van der Waals surface area contributed by atoms with Gasteiger partial charge >= 0.3 is 5.97 Å². The number of rotatable bonds is 13. The number of Topliss-reactive ketones (excluding diaryl/α,β-unsaturated/α-hetero) is 2. The Morgan fingerprint density at radius 3 is 1.82 bits per heavy atom. The molecule has 4 N–H and O–H groups in total. The van der Waals surface area contributed by atoms with Crippen LogP contribution in [0.25, 0.3) is 20.2 Å². The van der Waals surface area contributed by atoms with Crippen molar-refractivity contribution >= 4 is 84.4 Å². The van der Waals surface area contributed by atoms with Crippen LogP contribution in [0, 0.1) is 0 Å². The smallest absolute Gasteiger partial charge is 0.303 e. The van der Waals surface area contributed by atoms with Crippen molar-refractivity contribution in [3.05, 3.63) is 69.4 Å². The summed E-state index contributed by atoms with van der Waals surface area (Å²) < 4.78 is 2.14. The van der Waals surface area contributed by atoms with Crippen molar-refractivity contribution in [3.8, 4) is 0 Å². The van der Waals surface area contributed by atoms with Crippen LogP contribution in [0.15, 0.2) is 48.5 Å². The summed E-state index contributed by atoms with van der Waals surface area (Å²) in [5.41, 5.74) is 3.79. The molecular formula is C29H32N2O6S3. The maximum atomic E-state index is 11.9. The van der Waals surface area contributed by atoms with E-state index in [1.807, 2.05) is 43.4 Å². The molecular weight excluding hydrogens is 569 g/mol. The van der Waals surface area contributed by atoms with E-state index in [0.29, 0.717) is 11.4 Å². The Morgan fingerprint density at radius 1 is 0.825 bits per heavy atom. The zero-order valence-electron chi connectivity index (χ0n) is 22.3. The molecule has 0 saturated carbocycles. The number of carbonyl (C=O) groups excluding carboxylic acids is 3. The van der Waals surface area contributed by atoms with Crippen molar-refractivity contribution in [2.45, 2.75) is 38.8 Å². The fourth-order valence-electron chi connectivity index (χ4n) is 3.67. The highest BCUT2D eigenvalue weighted by atomic mass is 32.1. The molecule has 0 fully saturated rings. The summed E-state index contributed by atoms with van der Waals surface area (Å²) >= 11 is 7.62. The number of aliphatic hydroxyl groups is 1. The average Bonchev–Trinajstić information content (AvgIpc) is 3.59. The number of aldehydes is 1. The number of ketones is 2. The standard InChI is InChI=1S/C14H15NO3S.C14H13NO2S2.CH4O/c1-15-8-9-2-3-10-7-13(19-12(10)6-9)11(16)4-5-14(17)18;16-5-1-2-12(17)14-7-11-4-3-10(8-15-9-18)6-13(11)19-14;1-2/h2-3,6-7,15H,4-5,8H2,1H3,(H,17,18);3-7,9H,1-2,8H2,(H,15,18);2H,1H3. The minimum Gasteiger partial charge on any atom is -0.481 e. The number of fused-ring (bicyclic) bond motifs is 2. The Labute approximate surface area is 246 Å². The van der Waals surface area contributed by atoms with Crippen molar-refractivity contribution in [2.24, 2.45) is 0 Å². The number of thiophene rings is 2. The van der Waals surface area contributed by atoms with E-state index in [-0.39, 0.29) is 37.2 Å². The number of carbonyl (C=O) groups is 4. The summed E-state index contributed by atoms with van der Waals surface area (Å²) in [4.78, 5) is 45.8. The summed E-state index contributed by atoms with van der Waals surface area (Å²) in [5.74, 6) is -1.00. The molecule has 2 aromatic heterocycles. The molecule has 212 valence electrons. The van der Waals surface area contributed by atoms with Gasteiger partial charge in [-0.25, -0.2) is 0 Å². The van der Waals surface area contributed by atoms with E-state index in [1.165, 1.54) is 33.7 Å². The zero-order chi connectivity index (χ0) is 29.5. The maximum Gasteiger partial charge on any atom is 0.303 e. The number of hydrogen-bond donors (Lipinski definition) is 4. The van der Waals surface area contributed by atoms with Crippen molar-refractivity contribution in [1.29, 1.82) is 0 Å². The molecule has 4 aromatic rings. The van der Waals surface area contributed by atoms with Gasteiger partial charge in [0.2, 0.25) is 0 Å². The summed E-state index contributed by atoms with van der Waals surface area (Å²) in [6, 6.07) is 15.9. The Bertz CT molecular complexity index is 1460. The van der Waals surface area contributed by atoms with Crippen molar-refractivity contribution < 1.29 is 29.4 Å². The molecule has 0 spiro atoms. The molecule has 0 aliphatic heterocycles.